The van der Waals surface area contributed by atoms with E-state index in [1.165, 1.54) is 37.4 Å². The lowest BCUT2D eigenvalue weighted by molar-refractivity contribution is 0.281. The molecule has 24 heavy (non-hydrogen) atoms. The van der Waals surface area contributed by atoms with E-state index in [1.807, 2.05) is 0 Å². The molecule has 7 heteroatoms. The summed E-state index contributed by atoms with van der Waals surface area (Å²) in [7, 11) is 1.36. The summed E-state index contributed by atoms with van der Waals surface area (Å²) < 4.78 is 10.6. The minimum atomic E-state index is -0.805. The number of phenolic OH excluding ortho intramolecular Hbond substituents is 2. The minimum absolute atomic E-state index is 0.0175. The van der Waals surface area contributed by atoms with Gasteiger partial charge < -0.3 is 29.6 Å². The molecule has 7 nitrogen and oxygen atoms in total. The fraction of sp³-hybridized carbons (Fsp3) is 0.118. The number of benzene rings is 2. The first-order valence-corrected chi connectivity index (χ1v) is 6.96. The van der Waals surface area contributed by atoms with Crippen LogP contribution >= 0.6 is 0 Å². The first-order valence-electron chi connectivity index (χ1n) is 6.96. The van der Waals surface area contributed by atoms with Crippen LogP contribution in [0.15, 0.2) is 39.5 Å². The van der Waals surface area contributed by atoms with Gasteiger partial charge in [0, 0.05) is 5.56 Å². The molecule has 124 valence electrons. The van der Waals surface area contributed by atoms with Crippen molar-refractivity contribution in [2.24, 2.45) is 0 Å². The molecule has 0 radical (unpaired) electrons. The molecular formula is C17H14O7. The average molecular weight is 330 g/mol. The van der Waals surface area contributed by atoms with Crippen molar-refractivity contribution in [2.75, 3.05) is 7.11 Å². The molecule has 0 saturated carbocycles. The number of fused-ring (bicyclic) bond motifs is 1. The van der Waals surface area contributed by atoms with Crippen LogP contribution in [0.3, 0.4) is 0 Å². The first-order chi connectivity index (χ1) is 11.5. The molecule has 0 aliphatic rings. The van der Waals surface area contributed by atoms with Crippen LogP contribution < -0.4 is 10.2 Å². The van der Waals surface area contributed by atoms with E-state index in [2.05, 4.69) is 0 Å². The predicted molar refractivity (Wildman–Crippen MR) is 85.4 cm³/mol. The third-order valence-corrected chi connectivity index (χ3v) is 3.63. The highest BCUT2D eigenvalue weighted by atomic mass is 16.5. The fourth-order valence-electron chi connectivity index (χ4n) is 2.45. The Balaban J connectivity index is 2.33. The maximum atomic E-state index is 12.4. The number of ether oxygens (including phenoxy) is 1. The standard InChI is InChI=1S/C17H14O7/c1-23-12-6-9(2-3-10(12)19)17-16(22)15(21)14-11(20)4-8(7-18)5-13(14)24-17/h2-6,18-20,22H,7H2,1H3. The van der Waals surface area contributed by atoms with Gasteiger partial charge in [0.1, 0.15) is 16.7 Å². The van der Waals surface area contributed by atoms with Crippen LogP contribution in [0.4, 0.5) is 0 Å². The van der Waals surface area contributed by atoms with Crippen LogP contribution in [0.1, 0.15) is 5.56 Å². The summed E-state index contributed by atoms with van der Waals surface area (Å²) in [6, 6.07) is 6.80. The van der Waals surface area contributed by atoms with Crippen LogP contribution in [-0.4, -0.2) is 27.5 Å². The molecule has 0 amide bonds. The van der Waals surface area contributed by atoms with Crippen LogP contribution in [0.25, 0.3) is 22.3 Å². The highest BCUT2D eigenvalue weighted by Gasteiger charge is 2.19. The van der Waals surface area contributed by atoms with E-state index < -0.39 is 16.9 Å². The zero-order chi connectivity index (χ0) is 17.4. The maximum Gasteiger partial charge on any atom is 0.238 e. The Labute approximate surface area is 135 Å². The summed E-state index contributed by atoms with van der Waals surface area (Å²) in [5.74, 6) is -1.18. The van der Waals surface area contributed by atoms with Gasteiger partial charge >= 0.3 is 0 Å². The number of aliphatic hydroxyl groups is 1. The predicted octanol–water partition coefficient (Wildman–Crippen LogP) is 2.08. The second-order valence-corrected chi connectivity index (χ2v) is 5.14. The molecule has 0 atom stereocenters. The van der Waals surface area contributed by atoms with Gasteiger partial charge in [0.25, 0.3) is 0 Å². The number of hydrogen-bond acceptors (Lipinski definition) is 7. The van der Waals surface area contributed by atoms with Crippen molar-refractivity contribution >= 4 is 11.0 Å². The van der Waals surface area contributed by atoms with E-state index in [0.29, 0.717) is 11.1 Å². The number of phenols is 2. The molecule has 2 aromatic carbocycles. The third-order valence-electron chi connectivity index (χ3n) is 3.63. The minimum Gasteiger partial charge on any atom is -0.507 e. The van der Waals surface area contributed by atoms with Crippen LogP contribution in [0.5, 0.6) is 23.0 Å². The molecule has 0 unspecified atom stereocenters. The molecule has 3 aromatic rings. The topological polar surface area (TPSA) is 120 Å². The Morgan fingerprint density at radius 3 is 2.50 bits per heavy atom. The lowest BCUT2D eigenvalue weighted by Gasteiger charge is -2.10. The molecule has 0 aliphatic carbocycles. The molecule has 1 heterocycles. The number of aromatic hydroxyl groups is 3. The van der Waals surface area contributed by atoms with Gasteiger partial charge in [-0.15, -0.1) is 0 Å². The second kappa shape index (κ2) is 5.78. The SMILES string of the molecule is COc1cc(-c2oc3cc(CO)cc(O)c3c(=O)c2O)ccc1O. The van der Waals surface area contributed by atoms with Crippen molar-refractivity contribution in [3.63, 3.8) is 0 Å². The van der Waals surface area contributed by atoms with Gasteiger partial charge in [-0.2, -0.15) is 0 Å². The van der Waals surface area contributed by atoms with Crippen LogP contribution in [0, 0.1) is 0 Å². The van der Waals surface area contributed by atoms with Gasteiger partial charge in [-0.25, -0.2) is 0 Å². The van der Waals surface area contributed by atoms with E-state index in [4.69, 9.17) is 9.15 Å². The molecule has 0 saturated heterocycles. The molecule has 1 aromatic heterocycles. The Morgan fingerprint density at radius 1 is 1.08 bits per heavy atom. The lowest BCUT2D eigenvalue weighted by atomic mass is 10.1. The summed E-state index contributed by atoms with van der Waals surface area (Å²) in [4.78, 5) is 12.4. The highest BCUT2D eigenvalue weighted by Crippen LogP contribution is 2.37. The monoisotopic (exact) mass is 330 g/mol. The highest BCUT2D eigenvalue weighted by molar-refractivity contribution is 5.87. The van der Waals surface area contributed by atoms with E-state index in [0.717, 1.165) is 0 Å². The molecule has 0 spiro atoms. The Morgan fingerprint density at radius 2 is 1.83 bits per heavy atom. The molecule has 0 bridgehead atoms. The van der Waals surface area contributed by atoms with Crippen molar-refractivity contribution in [2.45, 2.75) is 6.61 Å². The van der Waals surface area contributed by atoms with E-state index in [9.17, 15) is 25.2 Å². The number of hydrogen-bond donors (Lipinski definition) is 4. The first kappa shape index (κ1) is 15.7. The molecule has 0 fully saturated rings. The lowest BCUT2D eigenvalue weighted by Crippen LogP contribution is -2.03. The Kier molecular flexibility index (Phi) is 3.78. The van der Waals surface area contributed by atoms with Gasteiger partial charge in [0.2, 0.25) is 11.2 Å². The number of rotatable bonds is 3. The fourth-order valence-corrected chi connectivity index (χ4v) is 2.45. The van der Waals surface area contributed by atoms with Gasteiger partial charge in [-0.1, -0.05) is 0 Å². The largest absolute Gasteiger partial charge is 0.507 e. The second-order valence-electron chi connectivity index (χ2n) is 5.14. The van der Waals surface area contributed by atoms with Crippen molar-refractivity contribution in [1.29, 1.82) is 0 Å². The summed E-state index contributed by atoms with van der Waals surface area (Å²) in [5, 5.41) is 38.8. The van der Waals surface area contributed by atoms with Gasteiger partial charge in [-0.05, 0) is 35.9 Å². The normalized spacial score (nSPS) is 10.9. The number of methoxy groups -OCH3 is 1. The summed E-state index contributed by atoms with van der Waals surface area (Å²) >= 11 is 0. The van der Waals surface area contributed by atoms with E-state index >= 15 is 0 Å². The molecular weight excluding hydrogens is 316 g/mol. The quantitative estimate of drug-likeness (QED) is 0.580. The summed E-state index contributed by atoms with van der Waals surface area (Å²) in [6.07, 6.45) is 0. The Bertz CT molecular complexity index is 988. The Hall–Kier alpha value is -3.19. The van der Waals surface area contributed by atoms with Crippen molar-refractivity contribution in [1.82, 2.24) is 0 Å². The van der Waals surface area contributed by atoms with Gasteiger partial charge in [-0.3, -0.25) is 4.79 Å². The van der Waals surface area contributed by atoms with E-state index in [1.54, 1.807) is 0 Å². The van der Waals surface area contributed by atoms with Crippen molar-refractivity contribution in [3.8, 4) is 34.3 Å². The van der Waals surface area contributed by atoms with E-state index in [-0.39, 0.29) is 34.8 Å². The summed E-state index contributed by atoms with van der Waals surface area (Å²) in [5.41, 5.74) is -0.137. The van der Waals surface area contributed by atoms with Gasteiger partial charge in [0.05, 0.1) is 13.7 Å². The smallest absolute Gasteiger partial charge is 0.238 e. The zero-order valence-electron chi connectivity index (χ0n) is 12.6. The molecule has 3 rings (SSSR count). The average Bonchev–Trinajstić information content (AvgIpc) is 2.58. The summed E-state index contributed by atoms with van der Waals surface area (Å²) in [6.45, 7) is -0.351. The van der Waals surface area contributed by atoms with Crippen molar-refractivity contribution < 1.29 is 29.6 Å². The molecule has 0 aliphatic heterocycles. The maximum absolute atomic E-state index is 12.4. The third kappa shape index (κ3) is 2.40. The van der Waals surface area contributed by atoms with Crippen molar-refractivity contribution in [3.05, 3.63) is 46.1 Å². The van der Waals surface area contributed by atoms with Gasteiger partial charge in [0.15, 0.2) is 17.3 Å². The van der Waals surface area contributed by atoms with Crippen LogP contribution in [0.2, 0.25) is 0 Å². The van der Waals surface area contributed by atoms with Crippen LogP contribution in [-0.2, 0) is 6.61 Å². The number of aliphatic hydroxyl groups excluding tert-OH is 1. The molecule has 4 N–H and O–H groups in total. The zero-order valence-corrected chi connectivity index (χ0v) is 12.6.